The van der Waals surface area contributed by atoms with E-state index in [1.54, 1.807) is 25.3 Å². The summed E-state index contributed by atoms with van der Waals surface area (Å²) in [6.45, 7) is 0. The first-order valence-corrected chi connectivity index (χ1v) is 6.49. The van der Waals surface area contributed by atoms with Crippen LogP contribution in [0.3, 0.4) is 0 Å². The van der Waals surface area contributed by atoms with Crippen molar-refractivity contribution >= 4 is 11.6 Å². The first kappa shape index (κ1) is 14.9. The van der Waals surface area contributed by atoms with E-state index in [0.29, 0.717) is 17.2 Å². The number of ether oxygens (including phenoxy) is 2. The maximum absolute atomic E-state index is 12.2. The molecule has 0 fully saturated rings. The van der Waals surface area contributed by atoms with Gasteiger partial charge in [-0.05, 0) is 17.7 Å². The zero-order chi connectivity index (χ0) is 15.2. The highest BCUT2D eigenvalue weighted by Gasteiger charge is 2.17. The lowest BCUT2D eigenvalue weighted by Gasteiger charge is -2.15. The van der Waals surface area contributed by atoms with Crippen LogP contribution in [0.5, 0.6) is 11.5 Å². The Kier molecular flexibility index (Phi) is 4.79. The minimum absolute atomic E-state index is 0.301. The summed E-state index contributed by atoms with van der Waals surface area (Å²) in [6, 6.07) is 13.6. The van der Waals surface area contributed by atoms with E-state index in [1.807, 2.05) is 30.3 Å². The molecule has 5 heteroatoms. The molecule has 0 aliphatic carbocycles. The van der Waals surface area contributed by atoms with Crippen LogP contribution in [0.2, 0.25) is 0 Å². The first-order chi connectivity index (χ1) is 10.2. The van der Waals surface area contributed by atoms with E-state index in [2.05, 4.69) is 5.32 Å². The molecular formula is C16H18N2O3. The largest absolute Gasteiger partial charge is 0.497 e. The average molecular weight is 286 g/mol. The molecule has 1 amide bonds. The average Bonchev–Trinajstić information content (AvgIpc) is 2.55. The van der Waals surface area contributed by atoms with Crippen molar-refractivity contribution in [1.82, 2.24) is 0 Å². The van der Waals surface area contributed by atoms with Crippen LogP contribution in [-0.4, -0.2) is 20.1 Å². The second-order valence-corrected chi connectivity index (χ2v) is 4.44. The van der Waals surface area contributed by atoms with Crippen molar-refractivity contribution < 1.29 is 14.3 Å². The highest BCUT2D eigenvalue weighted by Crippen LogP contribution is 2.29. The van der Waals surface area contributed by atoms with Crippen molar-refractivity contribution in [2.45, 2.75) is 6.04 Å². The molecule has 2 rings (SSSR count). The van der Waals surface area contributed by atoms with Crippen molar-refractivity contribution in [3.8, 4) is 11.5 Å². The van der Waals surface area contributed by atoms with Gasteiger partial charge in [-0.2, -0.15) is 0 Å². The van der Waals surface area contributed by atoms with Crippen molar-refractivity contribution in [2.75, 3.05) is 19.5 Å². The molecule has 0 aromatic heterocycles. The monoisotopic (exact) mass is 286 g/mol. The van der Waals surface area contributed by atoms with Gasteiger partial charge in [0.2, 0.25) is 5.91 Å². The lowest BCUT2D eigenvalue weighted by atomic mass is 10.1. The Labute approximate surface area is 123 Å². The highest BCUT2D eigenvalue weighted by atomic mass is 16.5. The molecule has 3 N–H and O–H groups in total. The molecule has 0 spiro atoms. The Morgan fingerprint density at radius 2 is 1.81 bits per heavy atom. The normalized spacial score (nSPS) is 11.6. The Bertz CT molecular complexity index is 614. The zero-order valence-electron chi connectivity index (χ0n) is 12.0. The third kappa shape index (κ3) is 3.52. The standard InChI is InChI=1S/C16H18N2O3/c1-20-12-8-9-13(14(10-12)21-2)18-16(19)15(17)11-6-4-3-5-7-11/h3-10,15H,17H2,1-2H3,(H,18,19)/t15-/m1/s1. The van der Waals surface area contributed by atoms with E-state index in [0.717, 1.165) is 5.56 Å². The smallest absolute Gasteiger partial charge is 0.245 e. The second-order valence-electron chi connectivity index (χ2n) is 4.44. The van der Waals surface area contributed by atoms with Crippen LogP contribution >= 0.6 is 0 Å². The summed E-state index contributed by atoms with van der Waals surface area (Å²) in [7, 11) is 3.10. The molecule has 0 aliphatic rings. The third-order valence-corrected chi connectivity index (χ3v) is 3.11. The molecule has 1 atom stereocenters. The van der Waals surface area contributed by atoms with E-state index in [1.165, 1.54) is 7.11 Å². The molecule has 0 radical (unpaired) electrons. The maximum Gasteiger partial charge on any atom is 0.245 e. The van der Waals surface area contributed by atoms with E-state index in [-0.39, 0.29) is 5.91 Å². The maximum atomic E-state index is 12.2. The van der Waals surface area contributed by atoms with Gasteiger partial charge in [0, 0.05) is 6.07 Å². The molecular weight excluding hydrogens is 268 g/mol. The van der Waals surface area contributed by atoms with E-state index >= 15 is 0 Å². The van der Waals surface area contributed by atoms with Crippen molar-refractivity contribution in [3.63, 3.8) is 0 Å². The number of anilines is 1. The predicted octanol–water partition coefficient (Wildman–Crippen LogP) is 2.34. The summed E-state index contributed by atoms with van der Waals surface area (Å²) in [6.07, 6.45) is 0. The molecule has 21 heavy (non-hydrogen) atoms. The summed E-state index contributed by atoms with van der Waals surface area (Å²) < 4.78 is 10.4. The molecule has 0 aliphatic heterocycles. The van der Waals surface area contributed by atoms with Gasteiger partial charge in [-0.1, -0.05) is 30.3 Å². The number of carbonyl (C=O) groups is 1. The van der Waals surface area contributed by atoms with Crippen LogP contribution in [0.25, 0.3) is 0 Å². The molecule has 2 aromatic rings. The number of amides is 1. The fourth-order valence-corrected chi connectivity index (χ4v) is 1.92. The molecule has 0 unspecified atom stereocenters. The Hall–Kier alpha value is -2.53. The van der Waals surface area contributed by atoms with Crippen LogP contribution < -0.4 is 20.5 Å². The van der Waals surface area contributed by atoms with Gasteiger partial charge in [0.25, 0.3) is 0 Å². The van der Waals surface area contributed by atoms with Crippen LogP contribution in [0.4, 0.5) is 5.69 Å². The van der Waals surface area contributed by atoms with Gasteiger partial charge < -0.3 is 20.5 Å². The number of hydrogen-bond acceptors (Lipinski definition) is 4. The molecule has 110 valence electrons. The van der Waals surface area contributed by atoms with Crippen molar-refractivity contribution in [3.05, 3.63) is 54.1 Å². The quantitative estimate of drug-likeness (QED) is 0.884. The Balaban J connectivity index is 2.16. The summed E-state index contributed by atoms with van der Waals surface area (Å²) in [5, 5.41) is 2.77. The molecule has 0 heterocycles. The van der Waals surface area contributed by atoms with E-state index < -0.39 is 6.04 Å². The molecule has 0 bridgehead atoms. The number of nitrogens with two attached hydrogens (primary N) is 1. The number of methoxy groups -OCH3 is 2. The fraction of sp³-hybridized carbons (Fsp3) is 0.188. The van der Waals surface area contributed by atoms with Crippen LogP contribution in [0.1, 0.15) is 11.6 Å². The molecule has 5 nitrogen and oxygen atoms in total. The second kappa shape index (κ2) is 6.76. The van der Waals surface area contributed by atoms with Gasteiger partial charge in [0.1, 0.15) is 17.5 Å². The molecule has 0 saturated carbocycles. The van der Waals surface area contributed by atoms with Crippen LogP contribution in [0.15, 0.2) is 48.5 Å². The highest BCUT2D eigenvalue weighted by molar-refractivity contribution is 5.96. The topological polar surface area (TPSA) is 73.6 Å². The lowest BCUT2D eigenvalue weighted by molar-refractivity contribution is -0.117. The number of rotatable bonds is 5. The summed E-state index contributed by atoms with van der Waals surface area (Å²) in [5.41, 5.74) is 7.26. The van der Waals surface area contributed by atoms with Crippen molar-refractivity contribution in [1.29, 1.82) is 0 Å². The van der Waals surface area contributed by atoms with Crippen LogP contribution in [-0.2, 0) is 4.79 Å². The molecule has 2 aromatic carbocycles. The summed E-state index contributed by atoms with van der Waals surface area (Å²) >= 11 is 0. The van der Waals surface area contributed by atoms with Crippen molar-refractivity contribution in [2.24, 2.45) is 5.73 Å². The van der Waals surface area contributed by atoms with Gasteiger partial charge >= 0.3 is 0 Å². The molecule has 0 saturated heterocycles. The van der Waals surface area contributed by atoms with Gasteiger partial charge in [-0.25, -0.2) is 0 Å². The minimum atomic E-state index is -0.738. The van der Waals surface area contributed by atoms with E-state index in [4.69, 9.17) is 15.2 Å². The summed E-state index contributed by atoms with van der Waals surface area (Å²) in [4.78, 5) is 12.2. The minimum Gasteiger partial charge on any atom is -0.497 e. The van der Waals surface area contributed by atoms with Gasteiger partial charge in [0.15, 0.2) is 0 Å². The lowest BCUT2D eigenvalue weighted by Crippen LogP contribution is -2.27. The summed E-state index contributed by atoms with van der Waals surface area (Å²) in [5.74, 6) is 0.866. The van der Waals surface area contributed by atoms with Gasteiger partial charge in [-0.3, -0.25) is 4.79 Å². The van der Waals surface area contributed by atoms with Crippen LogP contribution in [0, 0.1) is 0 Å². The zero-order valence-corrected chi connectivity index (χ0v) is 12.0. The predicted molar refractivity (Wildman–Crippen MR) is 81.5 cm³/mol. The SMILES string of the molecule is COc1ccc(NC(=O)[C@H](N)c2ccccc2)c(OC)c1. The van der Waals surface area contributed by atoms with E-state index in [9.17, 15) is 4.79 Å². The first-order valence-electron chi connectivity index (χ1n) is 6.49. The number of carbonyl (C=O) groups excluding carboxylic acids is 1. The third-order valence-electron chi connectivity index (χ3n) is 3.11. The Morgan fingerprint density at radius 1 is 1.10 bits per heavy atom. The number of nitrogens with one attached hydrogen (secondary N) is 1. The Morgan fingerprint density at radius 3 is 2.43 bits per heavy atom. The van der Waals surface area contributed by atoms with Gasteiger partial charge in [0.05, 0.1) is 19.9 Å². The number of benzene rings is 2. The van der Waals surface area contributed by atoms with Gasteiger partial charge in [-0.15, -0.1) is 0 Å². The number of hydrogen-bond donors (Lipinski definition) is 2. The fourth-order valence-electron chi connectivity index (χ4n) is 1.92.